The SMILES string of the molecule is O=C(O)Cc1occc1C(=O)NCC1CCCCO1. The third kappa shape index (κ3) is 3.82. The Hall–Kier alpha value is -1.82. The number of rotatable bonds is 5. The fourth-order valence-corrected chi connectivity index (χ4v) is 2.09. The van der Waals surface area contributed by atoms with Gasteiger partial charge in [0.1, 0.15) is 12.2 Å². The zero-order valence-electron chi connectivity index (χ0n) is 10.6. The van der Waals surface area contributed by atoms with Crippen LogP contribution in [0.1, 0.15) is 35.4 Å². The molecule has 0 bridgehead atoms. The molecule has 1 saturated heterocycles. The van der Waals surface area contributed by atoms with Crippen LogP contribution in [0.2, 0.25) is 0 Å². The Labute approximate surface area is 110 Å². The quantitative estimate of drug-likeness (QED) is 0.837. The van der Waals surface area contributed by atoms with Crippen LogP contribution in [-0.4, -0.2) is 36.2 Å². The molecule has 1 fully saturated rings. The van der Waals surface area contributed by atoms with Gasteiger partial charge in [-0.1, -0.05) is 0 Å². The highest BCUT2D eigenvalue weighted by Gasteiger charge is 2.19. The van der Waals surface area contributed by atoms with Crippen LogP contribution < -0.4 is 5.32 Å². The van der Waals surface area contributed by atoms with Crippen molar-refractivity contribution in [1.29, 1.82) is 0 Å². The molecule has 6 nitrogen and oxygen atoms in total. The average molecular weight is 267 g/mol. The van der Waals surface area contributed by atoms with Gasteiger partial charge in [-0.15, -0.1) is 0 Å². The van der Waals surface area contributed by atoms with Crippen LogP contribution >= 0.6 is 0 Å². The molecule has 2 N–H and O–H groups in total. The number of carboxylic acid groups (broad SMARTS) is 1. The predicted octanol–water partition coefficient (Wildman–Crippen LogP) is 1.21. The van der Waals surface area contributed by atoms with E-state index < -0.39 is 5.97 Å². The van der Waals surface area contributed by atoms with Crippen LogP contribution in [0.5, 0.6) is 0 Å². The topological polar surface area (TPSA) is 88.8 Å². The summed E-state index contributed by atoms with van der Waals surface area (Å²) in [5.74, 6) is -1.17. The standard InChI is InChI=1S/C13H17NO5/c15-12(16)7-11-10(4-6-19-11)13(17)14-8-9-3-1-2-5-18-9/h4,6,9H,1-3,5,7-8H2,(H,14,17)(H,15,16). The Balaban J connectivity index is 1.88. The van der Waals surface area contributed by atoms with Gasteiger partial charge in [0.05, 0.1) is 17.9 Å². The van der Waals surface area contributed by atoms with Crippen LogP contribution in [0.3, 0.4) is 0 Å². The summed E-state index contributed by atoms with van der Waals surface area (Å²) >= 11 is 0. The second kappa shape index (κ2) is 6.38. The van der Waals surface area contributed by atoms with Gasteiger partial charge in [-0.3, -0.25) is 9.59 Å². The van der Waals surface area contributed by atoms with Gasteiger partial charge in [0.25, 0.3) is 5.91 Å². The lowest BCUT2D eigenvalue weighted by atomic mass is 10.1. The van der Waals surface area contributed by atoms with Crippen LogP contribution in [0.15, 0.2) is 16.7 Å². The van der Waals surface area contributed by atoms with Crippen molar-refractivity contribution in [2.45, 2.75) is 31.8 Å². The maximum atomic E-state index is 11.9. The van der Waals surface area contributed by atoms with Gasteiger partial charge in [-0.25, -0.2) is 0 Å². The summed E-state index contributed by atoms with van der Waals surface area (Å²) in [4.78, 5) is 22.6. The van der Waals surface area contributed by atoms with Crippen LogP contribution in [0.4, 0.5) is 0 Å². The van der Waals surface area contributed by atoms with Gasteiger partial charge in [-0.05, 0) is 25.3 Å². The molecule has 1 aliphatic heterocycles. The molecular weight excluding hydrogens is 250 g/mol. The Bertz CT molecular complexity index is 448. The first-order valence-corrected chi connectivity index (χ1v) is 6.35. The summed E-state index contributed by atoms with van der Waals surface area (Å²) in [6.07, 6.45) is 4.19. The van der Waals surface area contributed by atoms with Crippen LogP contribution in [0.25, 0.3) is 0 Å². The summed E-state index contributed by atoms with van der Waals surface area (Å²) < 4.78 is 10.5. The summed E-state index contributed by atoms with van der Waals surface area (Å²) in [7, 11) is 0. The predicted molar refractivity (Wildman–Crippen MR) is 66.0 cm³/mol. The first-order chi connectivity index (χ1) is 9.16. The number of nitrogens with one attached hydrogen (secondary N) is 1. The van der Waals surface area contributed by atoms with Crippen LogP contribution in [0, 0.1) is 0 Å². The second-order valence-corrected chi connectivity index (χ2v) is 4.53. The first-order valence-electron chi connectivity index (χ1n) is 6.35. The fraction of sp³-hybridized carbons (Fsp3) is 0.538. The Kier molecular flexibility index (Phi) is 4.57. The molecule has 1 aromatic heterocycles. The van der Waals surface area contributed by atoms with Crippen molar-refractivity contribution < 1.29 is 23.8 Å². The Morgan fingerprint density at radius 2 is 2.26 bits per heavy atom. The lowest BCUT2D eigenvalue weighted by Gasteiger charge is -2.22. The van der Waals surface area contributed by atoms with E-state index in [1.807, 2.05) is 0 Å². The molecule has 0 radical (unpaired) electrons. The monoisotopic (exact) mass is 267 g/mol. The van der Waals surface area contributed by atoms with Crippen molar-refractivity contribution in [3.8, 4) is 0 Å². The molecule has 19 heavy (non-hydrogen) atoms. The molecule has 0 aromatic carbocycles. The highest BCUT2D eigenvalue weighted by atomic mass is 16.5. The van der Waals surface area contributed by atoms with Gasteiger partial charge < -0.3 is 19.6 Å². The van der Waals surface area contributed by atoms with E-state index >= 15 is 0 Å². The van der Waals surface area contributed by atoms with E-state index in [0.717, 1.165) is 25.9 Å². The number of hydrogen-bond acceptors (Lipinski definition) is 4. The molecule has 2 heterocycles. The van der Waals surface area contributed by atoms with E-state index in [-0.39, 0.29) is 29.8 Å². The third-order valence-corrected chi connectivity index (χ3v) is 3.07. The molecule has 2 rings (SSSR count). The minimum absolute atomic E-state index is 0.0486. The second-order valence-electron chi connectivity index (χ2n) is 4.53. The lowest BCUT2D eigenvalue weighted by Crippen LogP contribution is -2.35. The maximum Gasteiger partial charge on any atom is 0.311 e. The van der Waals surface area contributed by atoms with E-state index in [2.05, 4.69) is 5.32 Å². The molecule has 0 spiro atoms. The van der Waals surface area contributed by atoms with Gasteiger partial charge in [0.2, 0.25) is 0 Å². The zero-order valence-corrected chi connectivity index (χ0v) is 10.6. The smallest absolute Gasteiger partial charge is 0.311 e. The van der Waals surface area contributed by atoms with Gasteiger partial charge >= 0.3 is 5.97 Å². The Morgan fingerprint density at radius 3 is 2.95 bits per heavy atom. The van der Waals surface area contributed by atoms with Crippen molar-refractivity contribution in [3.05, 3.63) is 23.7 Å². The van der Waals surface area contributed by atoms with Crippen LogP contribution in [-0.2, 0) is 16.0 Å². The lowest BCUT2D eigenvalue weighted by molar-refractivity contribution is -0.136. The first kappa shape index (κ1) is 13.6. The molecule has 1 atom stereocenters. The molecule has 6 heteroatoms. The van der Waals surface area contributed by atoms with E-state index in [9.17, 15) is 9.59 Å². The maximum absolute atomic E-state index is 11.9. The number of carboxylic acids is 1. The summed E-state index contributed by atoms with van der Waals surface area (Å²) in [6.45, 7) is 1.17. The number of ether oxygens (including phenoxy) is 1. The fourth-order valence-electron chi connectivity index (χ4n) is 2.09. The zero-order chi connectivity index (χ0) is 13.7. The molecule has 0 saturated carbocycles. The largest absolute Gasteiger partial charge is 0.481 e. The van der Waals surface area contributed by atoms with Crippen molar-refractivity contribution in [3.63, 3.8) is 0 Å². The van der Waals surface area contributed by atoms with E-state index in [0.29, 0.717) is 6.54 Å². The third-order valence-electron chi connectivity index (χ3n) is 3.07. The van der Waals surface area contributed by atoms with E-state index in [1.165, 1.54) is 12.3 Å². The minimum Gasteiger partial charge on any atom is -0.481 e. The highest BCUT2D eigenvalue weighted by Crippen LogP contribution is 2.14. The van der Waals surface area contributed by atoms with Crippen molar-refractivity contribution in [2.24, 2.45) is 0 Å². The number of carbonyl (C=O) groups excluding carboxylic acids is 1. The van der Waals surface area contributed by atoms with Gasteiger partial charge in [0, 0.05) is 13.2 Å². The molecular formula is C13H17NO5. The molecule has 1 aromatic rings. The summed E-state index contributed by atoms with van der Waals surface area (Å²) in [6, 6.07) is 1.48. The van der Waals surface area contributed by atoms with Crippen molar-refractivity contribution >= 4 is 11.9 Å². The van der Waals surface area contributed by atoms with E-state index in [1.54, 1.807) is 0 Å². The molecule has 1 aliphatic rings. The number of amides is 1. The van der Waals surface area contributed by atoms with Crippen molar-refractivity contribution in [1.82, 2.24) is 5.32 Å². The summed E-state index contributed by atoms with van der Waals surface area (Å²) in [5.41, 5.74) is 0.276. The number of aliphatic carboxylic acids is 1. The van der Waals surface area contributed by atoms with Crippen molar-refractivity contribution in [2.75, 3.05) is 13.2 Å². The molecule has 1 unspecified atom stereocenters. The minimum atomic E-state index is -1.03. The number of hydrogen-bond donors (Lipinski definition) is 2. The van der Waals surface area contributed by atoms with E-state index in [4.69, 9.17) is 14.3 Å². The summed E-state index contributed by atoms with van der Waals surface area (Å²) in [5, 5.41) is 11.5. The highest BCUT2D eigenvalue weighted by molar-refractivity contribution is 5.96. The number of furan rings is 1. The normalized spacial score (nSPS) is 19.1. The number of carbonyl (C=O) groups is 2. The van der Waals surface area contributed by atoms with Gasteiger partial charge in [-0.2, -0.15) is 0 Å². The molecule has 1 amide bonds. The Morgan fingerprint density at radius 1 is 1.42 bits per heavy atom. The average Bonchev–Trinajstić information content (AvgIpc) is 2.84. The molecule has 0 aliphatic carbocycles. The van der Waals surface area contributed by atoms with Gasteiger partial charge in [0.15, 0.2) is 0 Å². The molecule has 104 valence electrons.